The van der Waals surface area contributed by atoms with E-state index in [0.29, 0.717) is 6.04 Å². The molecule has 1 aromatic rings. The number of benzene rings is 1. The largest absolute Gasteiger partial charge is 0.381 e. The Morgan fingerprint density at radius 3 is 2.71 bits per heavy atom. The average Bonchev–Trinajstić information content (AvgIpc) is 2.60. The summed E-state index contributed by atoms with van der Waals surface area (Å²) in [5.74, 6) is 1.45. The normalized spacial score (nSPS) is 22.9. The van der Waals surface area contributed by atoms with E-state index in [1.165, 1.54) is 10.5 Å². The van der Waals surface area contributed by atoms with Gasteiger partial charge in [-0.25, -0.2) is 0 Å². The lowest BCUT2D eigenvalue weighted by Crippen LogP contribution is -2.53. The van der Waals surface area contributed by atoms with Gasteiger partial charge in [0.05, 0.1) is 12.1 Å². The first-order chi connectivity index (χ1) is 11.6. The van der Waals surface area contributed by atoms with Crippen LogP contribution < -0.4 is 10.6 Å². The zero-order valence-corrected chi connectivity index (χ0v) is 15.4. The molecular weight excluding hydrogens is 320 g/mol. The molecule has 0 radical (unpaired) electrons. The average molecular weight is 349 g/mol. The van der Waals surface area contributed by atoms with Crippen LogP contribution in [0, 0.1) is 5.92 Å². The van der Waals surface area contributed by atoms with Crippen LogP contribution in [0.25, 0.3) is 0 Å². The molecule has 5 heteroatoms. The number of nitrogens with one attached hydrogen (secondary N) is 2. The second kappa shape index (κ2) is 8.37. The fourth-order valence-electron chi connectivity index (χ4n) is 3.44. The predicted octanol–water partition coefficient (Wildman–Crippen LogP) is 3.13. The molecule has 1 aromatic carbocycles. The van der Waals surface area contributed by atoms with Gasteiger partial charge < -0.3 is 15.4 Å². The summed E-state index contributed by atoms with van der Waals surface area (Å²) in [6.45, 7) is 5.80. The van der Waals surface area contributed by atoms with Gasteiger partial charge in [-0.15, -0.1) is 11.8 Å². The molecule has 132 valence electrons. The third kappa shape index (κ3) is 4.32. The van der Waals surface area contributed by atoms with Gasteiger partial charge in [-0.2, -0.15) is 0 Å². The molecule has 2 aliphatic rings. The Balaban J connectivity index is 1.65. The fourth-order valence-corrected chi connectivity index (χ4v) is 4.57. The van der Waals surface area contributed by atoms with Crippen molar-refractivity contribution in [2.45, 2.75) is 56.1 Å². The third-order valence-electron chi connectivity index (χ3n) is 4.86. The van der Waals surface area contributed by atoms with Crippen LogP contribution in [0.2, 0.25) is 0 Å². The second-order valence-electron chi connectivity index (χ2n) is 7.01. The zero-order chi connectivity index (χ0) is 16.9. The Morgan fingerprint density at radius 1 is 1.21 bits per heavy atom. The highest BCUT2D eigenvalue weighted by Crippen LogP contribution is 2.35. The fraction of sp³-hybridized carbons (Fsp3) is 0.632. The molecular formula is C19H28N2O2S. The number of rotatable bonds is 5. The molecule has 2 atom stereocenters. The van der Waals surface area contributed by atoms with E-state index in [-0.39, 0.29) is 23.9 Å². The van der Waals surface area contributed by atoms with Gasteiger partial charge in [0.15, 0.2) is 0 Å². The Bertz CT molecular complexity index is 558. The van der Waals surface area contributed by atoms with Gasteiger partial charge in [-0.3, -0.25) is 4.79 Å². The quantitative estimate of drug-likeness (QED) is 0.858. The summed E-state index contributed by atoms with van der Waals surface area (Å²) in [7, 11) is 0. The Labute approximate surface area is 149 Å². The van der Waals surface area contributed by atoms with E-state index in [4.69, 9.17) is 4.74 Å². The SMILES string of the molecule is CC(C)[C@H](NC1CCOCC1)C(=O)N[C@H]1CCSc2ccccc21. The van der Waals surface area contributed by atoms with Crippen molar-refractivity contribution in [3.63, 3.8) is 0 Å². The van der Waals surface area contributed by atoms with E-state index in [1.54, 1.807) is 0 Å². The van der Waals surface area contributed by atoms with Crippen LogP contribution in [0.4, 0.5) is 0 Å². The summed E-state index contributed by atoms with van der Waals surface area (Å²) >= 11 is 1.88. The van der Waals surface area contributed by atoms with Crippen molar-refractivity contribution >= 4 is 17.7 Å². The summed E-state index contributed by atoms with van der Waals surface area (Å²) in [4.78, 5) is 14.2. The van der Waals surface area contributed by atoms with Crippen LogP contribution in [0.1, 0.15) is 44.7 Å². The Hall–Kier alpha value is -1.04. The molecule has 4 nitrogen and oxygen atoms in total. The van der Waals surface area contributed by atoms with Crippen molar-refractivity contribution in [2.24, 2.45) is 5.92 Å². The van der Waals surface area contributed by atoms with E-state index in [2.05, 4.69) is 48.7 Å². The van der Waals surface area contributed by atoms with Crippen LogP contribution in [-0.4, -0.2) is 37.0 Å². The topological polar surface area (TPSA) is 50.4 Å². The zero-order valence-electron chi connectivity index (χ0n) is 14.6. The number of hydrogen-bond acceptors (Lipinski definition) is 4. The van der Waals surface area contributed by atoms with Gasteiger partial charge in [-0.1, -0.05) is 32.0 Å². The summed E-state index contributed by atoms with van der Waals surface area (Å²) < 4.78 is 5.42. The van der Waals surface area contributed by atoms with Gasteiger partial charge in [-0.05, 0) is 36.8 Å². The van der Waals surface area contributed by atoms with Crippen molar-refractivity contribution in [3.05, 3.63) is 29.8 Å². The highest BCUT2D eigenvalue weighted by molar-refractivity contribution is 7.99. The highest BCUT2D eigenvalue weighted by Gasteiger charge is 2.29. The lowest BCUT2D eigenvalue weighted by Gasteiger charge is -2.32. The molecule has 1 amide bonds. The molecule has 0 saturated carbocycles. The second-order valence-corrected chi connectivity index (χ2v) is 8.15. The molecule has 3 rings (SSSR count). The standard InChI is InChI=1S/C19H28N2O2S/c1-13(2)18(20-14-7-10-23-11-8-14)19(22)21-16-9-12-24-17-6-4-3-5-15(16)17/h3-6,13-14,16,18,20H,7-12H2,1-2H3,(H,21,22)/t16-,18-/m0/s1. The molecule has 1 saturated heterocycles. The molecule has 0 bridgehead atoms. The van der Waals surface area contributed by atoms with Crippen LogP contribution in [0.15, 0.2) is 29.2 Å². The molecule has 2 aliphatic heterocycles. The van der Waals surface area contributed by atoms with Crippen LogP contribution >= 0.6 is 11.8 Å². The van der Waals surface area contributed by atoms with E-state index >= 15 is 0 Å². The minimum absolute atomic E-state index is 0.128. The van der Waals surface area contributed by atoms with Crippen LogP contribution in [0.5, 0.6) is 0 Å². The van der Waals surface area contributed by atoms with E-state index < -0.39 is 0 Å². The van der Waals surface area contributed by atoms with Crippen molar-refractivity contribution in [2.75, 3.05) is 19.0 Å². The van der Waals surface area contributed by atoms with Crippen molar-refractivity contribution in [3.8, 4) is 0 Å². The number of amides is 1. The maximum absolute atomic E-state index is 12.9. The molecule has 1 fully saturated rings. The minimum Gasteiger partial charge on any atom is -0.381 e. The number of carbonyl (C=O) groups is 1. The van der Waals surface area contributed by atoms with Crippen LogP contribution in [-0.2, 0) is 9.53 Å². The number of fused-ring (bicyclic) bond motifs is 1. The number of hydrogen-bond donors (Lipinski definition) is 2. The Morgan fingerprint density at radius 2 is 1.96 bits per heavy atom. The third-order valence-corrected chi connectivity index (χ3v) is 5.98. The minimum atomic E-state index is -0.144. The molecule has 2 heterocycles. The summed E-state index contributed by atoms with van der Waals surface area (Å²) in [6.07, 6.45) is 2.97. The van der Waals surface area contributed by atoms with E-state index in [0.717, 1.165) is 38.2 Å². The van der Waals surface area contributed by atoms with Crippen LogP contribution in [0.3, 0.4) is 0 Å². The smallest absolute Gasteiger partial charge is 0.237 e. The highest BCUT2D eigenvalue weighted by atomic mass is 32.2. The van der Waals surface area contributed by atoms with Gasteiger partial charge in [0, 0.05) is 29.9 Å². The van der Waals surface area contributed by atoms with Gasteiger partial charge in [0.2, 0.25) is 5.91 Å². The Kier molecular flexibility index (Phi) is 6.19. The molecule has 24 heavy (non-hydrogen) atoms. The van der Waals surface area contributed by atoms with Crippen molar-refractivity contribution < 1.29 is 9.53 Å². The first-order valence-corrected chi connectivity index (χ1v) is 9.99. The maximum atomic E-state index is 12.9. The lowest BCUT2D eigenvalue weighted by molar-refractivity contribution is -0.125. The first-order valence-electron chi connectivity index (χ1n) is 9.01. The number of thioether (sulfide) groups is 1. The maximum Gasteiger partial charge on any atom is 0.237 e. The summed E-state index contributed by atoms with van der Waals surface area (Å²) in [5.41, 5.74) is 1.26. The molecule has 0 aliphatic carbocycles. The van der Waals surface area contributed by atoms with Gasteiger partial charge in [0.1, 0.15) is 0 Å². The van der Waals surface area contributed by atoms with Crippen molar-refractivity contribution in [1.82, 2.24) is 10.6 Å². The van der Waals surface area contributed by atoms with Gasteiger partial charge in [0.25, 0.3) is 0 Å². The summed E-state index contributed by atoms with van der Waals surface area (Å²) in [5, 5.41) is 6.87. The first kappa shape index (κ1) is 17.8. The molecule has 0 spiro atoms. The lowest BCUT2D eigenvalue weighted by atomic mass is 9.98. The predicted molar refractivity (Wildman–Crippen MR) is 98.3 cm³/mol. The summed E-state index contributed by atoms with van der Waals surface area (Å²) in [6, 6.07) is 8.79. The monoisotopic (exact) mass is 348 g/mol. The van der Waals surface area contributed by atoms with Crippen molar-refractivity contribution in [1.29, 1.82) is 0 Å². The van der Waals surface area contributed by atoms with E-state index in [1.807, 2.05) is 11.8 Å². The van der Waals surface area contributed by atoms with E-state index in [9.17, 15) is 4.79 Å². The number of ether oxygens (including phenoxy) is 1. The molecule has 0 unspecified atom stereocenters. The van der Waals surface area contributed by atoms with Gasteiger partial charge >= 0.3 is 0 Å². The molecule has 0 aromatic heterocycles. The molecule has 2 N–H and O–H groups in total. The number of carbonyl (C=O) groups excluding carboxylic acids is 1.